The highest BCUT2D eigenvalue weighted by molar-refractivity contribution is 6.07. The van der Waals surface area contributed by atoms with Crippen LogP contribution in [0.25, 0.3) is 11.1 Å². The molecule has 40 heavy (non-hydrogen) atoms. The molecule has 2 atom stereocenters. The lowest BCUT2D eigenvalue weighted by Gasteiger charge is -2.44. The Morgan fingerprint density at radius 1 is 1.18 bits per heavy atom. The van der Waals surface area contributed by atoms with E-state index in [1.54, 1.807) is 12.1 Å². The van der Waals surface area contributed by atoms with Crippen molar-refractivity contribution < 1.29 is 22.7 Å². The SMILES string of the molecule is CC1CN(c2cc(F)c(-c3ccc(OCC4CC4)nc3)cc2NC(=O)c2c[nH]c(=O)cc2C(F)F)CC(C)N1C. The van der Waals surface area contributed by atoms with E-state index in [0.717, 1.165) is 19.0 Å². The second kappa shape index (κ2) is 11.3. The number of H-pyrrole nitrogens is 1. The van der Waals surface area contributed by atoms with E-state index >= 15 is 4.39 Å². The number of carbonyl (C=O) groups excluding carboxylic acids is 1. The first-order chi connectivity index (χ1) is 19.1. The van der Waals surface area contributed by atoms with E-state index in [4.69, 9.17) is 4.74 Å². The zero-order chi connectivity index (χ0) is 28.6. The number of hydrogen-bond donors (Lipinski definition) is 2. The van der Waals surface area contributed by atoms with Gasteiger partial charge in [0.25, 0.3) is 12.3 Å². The molecule has 2 N–H and O–H groups in total. The van der Waals surface area contributed by atoms with E-state index in [9.17, 15) is 18.4 Å². The number of piperazine rings is 1. The Balaban J connectivity index is 1.51. The molecule has 2 unspecified atom stereocenters. The van der Waals surface area contributed by atoms with Gasteiger partial charge in [-0.15, -0.1) is 0 Å². The third kappa shape index (κ3) is 5.99. The summed E-state index contributed by atoms with van der Waals surface area (Å²) in [5, 5.41) is 2.71. The third-order valence-electron chi connectivity index (χ3n) is 7.68. The van der Waals surface area contributed by atoms with Gasteiger partial charge in [-0.3, -0.25) is 14.5 Å². The van der Waals surface area contributed by atoms with Gasteiger partial charge in [-0.25, -0.2) is 18.2 Å². The summed E-state index contributed by atoms with van der Waals surface area (Å²) in [6.45, 7) is 5.84. The van der Waals surface area contributed by atoms with Crippen LogP contribution >= 0.6 is 0 Å². The predicted molar refractivity (Wildman–Crippen MR) is 147 cm³/mol. The molecule has 3 aromatic rings. The Morgan fingerprint density at radius 3 is 2.52 bits per heavy atom. The number of halogens is 3. The number of alkyl halides is 2. The Morgan fingerprint density at radius 2 is 1.90 bits per heavy atom. The molecule has 5 rings (SSSR count). The number of likely N-dealkylation sites (N-methyl/N-ethyl adjacent to an activating group) is 1. The molecule has 0 radical (unpaired) electrons. The number of nitrogens with one attached hydrogen (secondary N) is 2. The lowest BCUT2D eigenvalue weighted by molar-refractivity contribution is 0.101. The van der Waals surface area contributed by atoms with Gasteiger partial charge in [0.1, 0.15) is 5.82 Å². The molecule has 1 aliphatic heterocycles. The number of hydrogen-bond acceptors (Lipinski definition) is 6. The van der Waals surface area contributed by atoms with E-state index in [1.165, 1.54) is 18.3 Å². The molecule has 1 aromatic carbocycles. The molecule has 212 valence electrons. The average molecular weight is 556 g/mol. The first kappa shape index (κ1) is 27.7. The fraction of sp³-hybridized carbons (Fsp3) is 0.414. The van der Waals surface area contributed by atoms with Crippen molar-refractivity contribution in [3.8, 4) is 17.0 Å². The number of ether oxygens (including phenoxy) is 1. The van der Waals surface area contributed by atoms with Gasteiger partial charge >= 0.3 is 0 Å². The Labute approximate surface area is 230 Å². The van der Waals surface area contributed by atoms with Crippen LogP contribution in [-0.4, -0.2) is 59.6 Å². The van der Waals surface area contributed by atoms with E-state index in [2.05, 4.69) is 34.0 Å². The largest absolute Gasteiger partial charge is 0.477 e. The zero-order valence-electron chi connectivity index (χ0n) is 22.6. The average Bonchev–Trinajstić information content (AvgIpc) is 3.76. The third-order valence-corrected chi connectivity index (χ3v) is 7.68. The molecule has 0 bridgehead atoms. The number of carbonyl (C=O) groups is 1. The van der Waals surface area contributed by atoms with Crippen molar-refractivity contribution in [2.45, 2.75) is 45.2 Å². The number of aromatic nitrogens is 2. The molecule has 1 saturated heterocycles. The molecule has 0 spiro atoms. The minimum Gasteiger partial charge on any atom is -0.477 e. The van der Waals surface area contributed by atoms with Crippen molar-refractivity contribution in [2.75, 3.05) is 37.0 Å². The molecular formula is C29H32F3N5O3. The van der Waals surface area contributed by atoms with Crippen LogP contribution in [0.1, 0.15) is 49.0 Å². The normalized spacial score (nSPS) is 19.6. The molecule has 11 heteroatoms. The molecule has 1 saturated carbocycles. The van der Waals surface area contributed by atoms with E-state index in [1.807, 2.05) is 11.9 Å². The summed E-state index contributed by atoms with van der Waals surface area (Å²) < 4.78 is 48.6. The van der Waals surface area contributed by atoms with Crippen LogP contribution in [0.15, 0.2) is 47.5 Å². The standard InChI is InChI=1S/C29H32F3N5O3/c1-16-13-37(14-17(2)36(16)3)25-10-23(30)20(19-6-7-27(34-11-19)40-15-18-4-5-18)8-24(25)35-29(39)22-12-33-26(38)9-21(22)28(31)32/h6-12,16-18,28H,4-5,13-15H2,1-3H3,(H,33,38)(H,35,39). The molecule has 2 aromatic heterocycles. The van der Waals surface area contributed by atoms with Gasteiger partial charge in [0.2, 0.25) is 11.4 Å². The van der Waals surface area contributed by atoms with Crippen LogP contribution in [0, 0.1) is 11.7 Å². The molecular weight excluding hydrogens is 523 g/mol. The summed E-state index contributed by atoms with van der Waals surface area (Å²) in [5.41, 5.74) is -0.452. The van der Waals surface area contributed by atoms with Gasteiger partial charge in [0, 0.05) is 66.4 Å². The van der Waals surface area contributed by atoms with Gasteiger partial charge < -0.3 is 19.9 Å². The highest BCUT2D eigenvalue weighted by Gasteiger charge is 2.30. The number of pyridine rings is 2. The molecule has 1 aliphatic carbocycles. The fourth-order valence-electron chi connectivity index (χ4n) is 4.91. The summed E-state index contributed by atoms with van der Waals surface area (Å²) in [6.07, 6.45) is 1.73. The lowest BCUT2D eigenvalue weighted by Crippen LogP contribution is -2.55. The number of amides is 1. The lowest BCUT2D eigenvalue weighted by atomic mass is 10.0. The van der Waals surface area contributed by atoms with Crippen LogP contribution in [0.2, 0.25) is 0 Å². The van der Waals surface area contributed by atoms with E-state index in [0.29, 0.717) is 48.8 Å². The minimum atomic E-state index is -3.03. The number of nitrogens with zero attached hydrogens (tertiary/aromatic N) is 3. The molecule has 2 fully saturated rings. The van der Waals surface area contributed by atoms with Crippen LogP contribution in [-0.2, 0) is 0 Å². The molecule has 8 nitrogen and oxygen atoms in total. The predicted octanol–water partition coefficient (Wildman–Crippen LogP) is 5.08. The number of anilines is 2. The summed E-state index contributed by atoms with van der Waals surface area (Å²) >= 11 is 0. The van der Waals surface area contributed by atoms with E-state index < -0.39 is 29.3 Å². The highest BCUT2D eigenvalue weighted by Crippen LogP contribution is 2.37. The first-order valence-electron chi connectivity index (χ1n) is 13.3. The molecule has 1 amide bonds. The van der Waals surface area contributed by atoms with Crippen LogP contribution in [0.3, 0.4) is 0 Å². The smallest absolute Gasteiger partial charge is 0.264 e. The van der Waals surface area contributed by atoms with Crippen LogP contribution in [0.4, 0.5) is 24.5 Å². The topological polar surface area (TPSA) is 90.6 Å². The maximum Gasteiger partial charge on any atom is 0.264 e. The second-order valence-corrected chi connectivity index (χ2v) is 10.7. The van der Waals surface area contributed by atoms with Crippen LogP contribution < -0.4 is 20.5 Å². The van der Waals surface area contributed by atoms with Gasteiger partial charge in [-0.1, -0.05) is 0 Å². The number of benzene rings is 1. The van der Waals surface area contributed by atoms with Crippen molar-refractivity contribution in [1.82, 2.24) is 14.9 Å². The van der Waals surface area contributed by atoms with Gasteiger partial charge in [-0.2, -0.15) is 0 Å². The fourth-order valence-corrected chi connectivity index (χ4v) is 4.91. The van der Waals surface area contributed by atoms with Crippen molar-refractivity contribution in [1.29, 1.82) is 0 Å². The second-order valence-electron chi connectivity index (χ2n) is 10.7. The quantitative estimate of drug-likeness (QED) is 0.403. The van der Waals surface area contributed by atoms with Gasteiger partial charge in [0.15, 0.2) is 0 Å². The van der Waals surface area contributed by atoms with Gasteiger partial charge in [-0.05, 0) is 57.9 Å². The number of rotatable bonds is 8. The van der Waals surface area contributed by atoms with E-state index in [-0.39, 0.29) is 28.9 Å². The van der Waals surface area contributed by atoms with Crippen molar-refractivity contribution in [3.05, 3.63) is 70.0 Å². The van der Waals surface area contributed by atoms with Gasteiger partial charge in [0.05, 0.1) is 23.5 Å². The maximum absolute atomic E-state index is 15.6. The van der Waals surface area contributed by atoms with Crippen molar-refractivity contribution >= 4 is 17.3 Å². The van der Waals surface area contributed by atoms with Crippen LogP contribution in [0.5, 0.6) is 5.88 Å². The Kier molecular flexibility index (Phi) is 7.84. The molecule has 3 heterocycles. The first-order valence-corrected chi connectivity index (χ1v) is 13.3. The summed E-state index contributed by atoms with van der Waals surface area (Å²) in [7, 11) is 2.02. The van der Waals surface area contributed by atoms with Crippen molar-refractivity contribution in [3.63, 3.8) is 0 Å². The zero-order valence-corrected chi connectivity index (χ0v) is 22.6. The Hall–Kier alpha value is -3.86. The monoisotopic (exact) mass is 555 g/mol. The highest BCUT2D eigenvalue weighted by atomic mass is 19.3. The Bertz CT molecular complexity index is 1430. The summed E-state index contributed by atoms with van der Waals surface area (Å²) in [4.78, 5) is 35.7. The summed E-state index contributed by atoms with van der Waals surface area (Å²) in [6, 6.07) is 7.20. The maximum atomic E-state index is 15.6. The minimum absolute atomic E-state index is 0.145. The van der Waals surface area contributed by atoms with Crippen molar-refractivity contribution in [2.24, 2.45) is 5.92 Å². The molecule has 2 aliphatic rings. The number of aromatic amines is 1. The summed E-state index contributed by atoms with van der Waals surface area (Å²) in [5.74, 6) is -0.356.